The molecule has 1 saturated heterocycles. The Bertz CT molecular complexity index is 1120. The van der Waals surface area contributed by atoms with Crippen molar-refractivity contribution in [1.29, 1.82) is 0 Å². The SMILES string of the molecule is COc1cc(/C=C2\SC(=S)NC2=O)cc(Br)c1OCC(=O)Nc1cccc(C(F)(F)F)c1. The van der Waals surface area contributed by atoms with Crippen LogP contribution in [0.4, 0.5) is 18.9 Å². The van der Waals surface area contributed by atoms with E-state index in [-0.39, 0.29) is 23.1 Å². The summed E-state index contributed by atoms with van der Waals surface area (Å²) in [4.78, 5) is 24.4. The minimum Gasteiger partial charge on any atom is -0.493 e. The van der Waals surface area contributed by atoms with Gasteiger partial charge in [-0.05, 0) is 57.9 Å². The molecule has 1 heterocycles. The number of benzene rings is 2. The fraction of sp³-hybridized carbons (Fsp3) is 0.150. The lowest BCUT2D eigenvalue weighted by atomic mass is 10.2. The third-order valence-electron chi connectivity index (χ3n) is 4.01. The van der Waals surface area contributed by atoms with Gasteiger partial charge < -0.3 is 20.1 Å². The van der Waals surface area contributed by atoms with Gasteiger partial charge in [0.25, 0.3) is 11.8 Å². The molecule has 0 aromatic heterocycles. The van der Waals surface area contributed by atoms with Crippen LogP contribution in [0.3, 0.4) is 0 Å². The number of rotatable bonds is 6. The average molecular weight is 547 g/mol. The number of alkyl halides is 3. The zero-order chi connectivity index (χ0) is 23.5. The number of methoxy groups -OCH3 is 1. The summed E-state index contributed by atoms with van der Waals surface area (Å²) in [5, 5.41) is 4.88. The lowest BCUT2D eigenvalue weighted by Crippen LogP contribution is -2.20. The topological polar surface area (TPSA) is 76.7 Å². The Hall–Kier alpha value is -2.57. The molecular weight excluding hydrogens is 533 g/mol. The molecule has 1 aliphatic rings. The summed E-state index contributed by atoms with van der Waals surface area (Å²) in [5.41, 5.74) is -0.260. The number of ether oxygens (including phenoxy) is 2. The average Bonchev–Trinajstić information content (AvgIpc) is 3.03. The molecule has 1 fully saturated rings. The standard InChI is InChI=1S/C20H14BrF3N2O4S2/c1-29-14-6-10(7-15-18(28)26-19(31)32-15)5-13(21)17(14)30-9-16(27)25-12-4-2-3-11(8-12)20(22,23)24/h2-8H,9H2,1H3,(H,25,27)(H,26,28,31)/b15-7-. The van der Waals surface area contributed by atoms with E-state index in [9.17, 15) is 22.8 Å². The van der Waals surface area contributed by atoms with Gasteiger partial charge in [-0.15, -0.1) is 0 Å². The van der Waals surface area contributed by atoms with Crippen LogP contribution in [0.1, 0.15) is 11.1 Å². The Morgan fingerprint density at radius 1 is 1.31 bits per heavy atom. The van der Waals surface area contributed by atoms with Crippen molar-refractivity contribution in [1.82, 2.24) is 5.32 Å². The van der Waals surface area contributed by atoms with Gasteiger partial charge in [0.1, 0.15) is 4.32 Å². The molecule has 12 heteroatoms. The van der Waals surface area contributed by atoms with Gasteiger partial charge in [0.2, 0.25) is 0 Å². The van der Waals surface area contributed by atoms with Crippen LogP contribution in [-0.2, 0) is 15.8 Å². The Morgan fingerprint density at radius 3 is 2.69 bits per heavy atom. The van der Waals surface area contributed by atoms with E-state index in [0.717, 1.165) is 23.9 Å². The van der Waals surface area contributed by atoms with Gasteiger partial charge >= 0.3 is 6.18 Å². The van der Waals surface area contributed by atoms with E-state index < -0.39 is 24.3 Å². The second-order valence-corrected chi connectivity index (χ2v) is 8.87. The van der Waals surface area contributed by atoms with Gasteiger partial charge in [-0.1, -0.05) is 30.0 Å². The highest BCUT2D eigenvalue weighted by Crippen LogP contribution is 2.38. The summed E-state index contributed by atoms with van der Waals surface area (Å²) in [7, 11) is 1.40. The molecule has 0 radical (unpaired) electrons. The quantitative estimate of drug-likeness (QED) is 0.393. The number of amides is 2. The zero-order valence-corrected chi connectivity index (χ0v) is 19.4. The van der Waals surface area contributed by atoms with Crippen molar-refractivity contribution < 1.29 is 32.2 Å². The van der Waals surface area contributed by atoms with E-state index in [1.807, 2.05) is 0 Å². The van der Waals surface area contributed by atoms with E-state index in [1.54, 1.807) is 18.2 Å². The molecule has 0 aliphatic carbocycles. The monoisotopic (exact) mass is 546 g/mol. The Balaban J connectivity index is 1.71. The molecule has 32 heavy (non-hydrogen) atoms. The second-order valence-electron chi connectivity index (χ2n) is 6.30. The minimum absolute atomic E-state index is 0.00770. The first kappa shape index (κ1) is 24.1. The number of halogens is 4. The number of anilines is 1. The van der Waals surface area contributed by atoms with Crippen molar-refractivity contribution in [3.05, 3.63) is 56.9 Å². The van der Waals surface area contributed by atoms with Crippen molar-refractivity contribution in [3.8, 4) is 11.5 Å². The highest BCUT2D eigenvalue weighted by atomic mass is 79.9. The van der Waals surface area contributed by atoms with Crippen LogP contribution in [-0.4, -0.2) is 29.9 Å². The Morgan fingerprint density at radius 2 is 2.06 bits per heavy atom. The maximum atomic E-state index is 12.8. The summed E-state index contributed by atoms with van der Waals surface area (Å²) in [6.07, 6.45) is -2.90. The number of thiocarbonyl (C=S) groups is 1. The molecule has 1 aliphatic heterocycles. The highest BCUT2D eigenvalue weighted by molar-refractivity contribution is 9.10. The van der Waals surface area contributed by atoms with E-state index in [0.29, 0.717) is 19.3 Å². The molecule has 168 valence electrons. The van der Waals surface area contributed by atoms with Gasteiger partial charge in [-0.25, -0.2) is 0 Å². The number of carbonyl (C=O) groups is 2. The van der Waals surface area contributed by atoms with Gasteiger partial charge in [-0.2, -0.15) is 13.2 Å². The zero-order valence-electron chi connectivity index (χ0n) is 16.2. The van der Waals surface area contributed by atoms with Crippen LogP contribution in [0.5, 0.6) is 11.5 Å². The first-order valence-corrected chi connectivity index (χ1v) is 10.8. The molecular formula is C20H14BrF3N2O4S2. The minimum atomic E-state index is -4.52. The van der Waals surface area contributed by atoms with E-state index >= 15 is 0 Å². The molecule has 0 spiro atoms. The fourth-order valence-electron chi connectivity index (χ4n) is 2.64. The third kappa shape index (κ3) is 6.02. The summed E-state index contributed by atoms with van der Waals surface area (Å²) in [5.74, 6) is -0.462. The Labute approximate surface area is 198 Å². The molecule has 3 rings (SSSR count). The predicted octanol–water partition coefficient (Wildman–Crippen LogP) is 4.98. The van der Waals surface area contributed by atoms with Gasteiger partial charge in [0.15, 0.2) is 18.1 Å². The predicted molar refractivity (Wildman–Crippen MR) is 123 cm³/mol. The van der Waals surface area contributed by atoms with E-state index in [4.69, 9.17) is 21.7 Å². The molecule has 0 atom stereocenters. The van der Waals surface area contributed by atoms with Crippen molar-refractivity contribution >= 4 is 67.8 Å². The molecule has 0 unspecified atom stereocenters. The highest BCUT2D eigenvalue weighted by Gasteiger charge is 2.30. The van der Waals surface area contributed by atoms with Crippen LogP contribution in [0.25, 0.3) is 6.08 Å². The molecule has 2 N–H and O–H groups in total. The molecule has 2 amide bonds. The van der Waals surface area contributed by atoms with Crippen LogP contribution in [0.2, 0.25) is 0 Å². The molecule has 0 bridgehead atoms. The normalized spacial score (nSPS) is 15.0. The lowest BCUT2D eigenvalue weighted by Gasteiger charge is -2.14. The number of carbonyl (C=O) groups excluding carboxylic acids is 2. The maximum absolute atomic E-state index is 12.8. The van der Waals surface area contributed by atoms with Gasteiger partial charge in [0, 0.05) is 5.69 Å². The van der Waals surface area contributed by atoms with Crippen molar-refractivity contribution in [2.45, 2.75) is 6.18 Å². The van der Waals surface area contributed by atoms with Crippen molar-refractivity contribution in [2.75, 3.05) is 19.0 Å². The summed E-state index contributed by atoms with van der Waals surface area (Å²) in [6.45, 7) is -0.474. The van der Waals surface area contributed by atoms with Gasteiger partial charge in [-0.3, -0.25) is 9.59 Å². The molecule has 2 aromatic carbocycles. The number of hydrogen-bond acceptors (Lipinski definition) is 6. The van der Waals surface area contributed by atoms with Crippen LogP contribution in [0, 0.1) is 0 Å². The Kier molecular flexibility index (Phi) is 7.47. The number of hydrogen-bond donors (Lipinski definition) is 2. The van der Waals surface area contributed by atoms with Crippen LogP contribution >= 0.6 is 39.9 Å². The largest absolute Gasteiger partial charge is 0.493 e. The van der Waals surface area contributed by atoms with Crippen LogP contribution < -0.4 is 20.1 Å². The first-order valence-electron chi connectivity index (χ1n) is 8.79. The van der Waals surface area contributed by atoms with Gasteiger partial charge in [0.05, 0.1) is 22.1 Å². The van der Waals surface area contributed by atoms with Crippen molar-refractivity contribution in [3.63, 3.8) is 0 Å². The summed E-state index contributed by atoms with van der Waals surface area (Å²) in [6, 6.07) is 7.54. The van der Waals surface area contributed by atoms with E-state index in [2.05, 4.69) is 26.6 Å². The molecule has 6 nitrogen and oxygen atoms in total. The van der Waals surface area contributed by atoms with Crippen molar-refractivity contribution in [2.24, 2.45) is 0 Å². The van der Waals surface area contributed by atoms with Crippen LogP contribution in [0.15, 0.2) is 45.8 Å². The number of thioether (sulfide) groups is 1. The second kappa shape index (κ2) is 9.92. The smallest absolute Gasteiger partial charge is 0.416 e. The summed E-state index contributed by atoms with van der Waals surface area (Å²) < 4.78 is 50.1. The fourth-order valence-corrected chi connectivity index (χ4v) is 4.26. The molecule has 0 saturated carbocycles. The maximum Gasteiger partial charge on any atom is 0.416 e. The van der Waals surface area contributed by atoms with E-state index in [1.165, 1.54) is 19.2 Å². The number of nitrogens with one attached hydrogen (secondary N) is 2. The molecule has 2 aromatic rings. The lowest BCUT2D eigenvalue weighted by molar-refractivity contribution is -0.137. The third-order valence-corrected chi connectivity index (χ3v) is 5.76. The summed E-state index contributed by atoms with van der Waals surface area (Å²) >= 11 is 9.43. The first-order chi connectivity index (χ1) is 15.1.